The average molecular weight is 386 g/mol. The Bertz CT molecular complexity index is 875. The molecular weight excluding hydrogens is 373 g/mol. The summed E-state index contributed by atoms with van der Waals surface area (Å²) in [5, 5.41) is 4.54. The van der Waals surface area contributed by atoms with Crippen LogP contribution in [-0.2, 0) is 10.0 Å². The van der Waals surface area contributed by atoms with Crippen LogP contribution in [0.4, 0.5) is 0 Å². The van der Waals surface area contributed by atoms with E-state index in [0.717, 1.165) is 0 Å². The number of rotatable bonds is 6. The van der Waals surface area contributed by atoms with Crippen molar-refractivity contribution in [2.45, 2.75) is 10.9 Å². The molecule has 6 nitrogen and oxygen atoms in total. The van der Waals surface area contributed by atoms with E-state index in [0.29, 0.717) is 5.76 Å². The molecule has 0 aliphatic heterocycles. The first-order valence-corrected chi connectivity index (χ1v) is 9.18. The lowest BCUT2D eigenvalue weighted by molar-refractivity contribution is 0.402. The summed E-state index contributed by atoms with van der Waals surface area (Å²) in [6.45, 7) is 0.0420. The fourth-order valence-corrected chi connectivity index (χ4v) is 4.02. The number of halogens is 2. The molecule has 3 rings (SSSR count). The minimum atomic E-state index is -3.84. The number of nitrogens with zero attached hydrogens (tertiary/aromatic N) is 2. The maximum atomic E-state index is 12.5. The number of hydrogen-bond acceptors (Lipinski definition) is 4. The highest BCUT2D eigenvalue weighted by Crippen LogP contribution is 2.25. The molecule has 0 bridgehead atoms. The summed E-state index contributed by atoms with van der Waals surface area (Å²) in [5.41, 5.74) is 0. The van der Waals surface area contributed by atoms with Gasteiger partial charge in [0.1, 0.15) is 16.7 Å². The van der Waals surface area contributed by atoms with Crippen molar-refractivity contribution in [3.63, 3.8) is 0 Å². The number of nitrogens with one attached hydrogen (secondary N) is 1. The largest absolute Gasteiger partial charge is 0.467 e. The standard InChI is InChI=1S/C15H13Cl2N3O3S/c16-11-4-5-12(17)15(9-11)24(21,22)19-10-13(14-3-1-8-23-14)20-7-2-6-18-20/h1-9,13,19H,10H2/t13-/m1/s1. The van der Waals surface area contributed by atoms with E-state index in [1.165, 1.54) is 24.5 Å². The Morgan fingerprint density at radius 3 is 2.75 bits per heavy atom. The predicted molar refractivity (Wildman–Crippen MR) is 90.7 cm³/mol. The van der Waals surface area contributed by atoms with E-state index in [1.54, 1.807) is 35.3 Å². The highest BCUT2D eigenvalue weighted by Gasteiger charge is 2.23. The van der Waals surface area contributed by atoms with Crippen molar-refractivity contribution in [3.05, 3.63) is 70.9 Å². The highest BCUT2D eigenvalue weighted by atomic mass is 35.5. The summed E-state index contributed by atoms with van der Waals surface area (Å²) in [6.07, 6.45) is 4.86. The molecule has 24 heavy (non-hydrogen) atoms. The SMILES string of the molecule is O=S(=O)(NC[C@H](c1ccco1)n1cccn1)c1cc(Cl)ccc1Cl. The minimum absolute atomic E-state index is 0.0420. The maximum absolute atomic E-state index is 12.5. The van der Waals surface area contributed by atoms with Gasteiger partial charge >= 0.3 is 0 Å². The van der Waals surface area contributed by atoms with E-state index in [-0.39, 0.29) is 21.5 Å². The van der Waals surface area contributed by atoms with Gasteiger partial charge < -0.3 is 4.42 Å². The fraction of sp³-hybridized carbons (Fsp3) is 0.133. The maximum Gasteiger partial charge on any atom is 0.242 e. The topological polar surface area (TPSA) is 77.1 Å². The van der Waals surface area contributed by atoms with Crippen LogP contribution in [0.1, 0.15) is 11.8 Å². The highest BCUT2D eigenvalue weighted by molar-refractivity contribution is 7.89. The second-order valence-electron chi connectivity index (χ2n) is 4.94. The quantitative estimate of drug-likeness (QED) is 0.705. The monoisotopic (exact) mass is 385 g/mol. The van der Waals surface area contributed by atoms with Gasteiger partial charge in [0.05, 0.1) is 11.3 Å². The molecule has 3 aromatic rings. The number of aromatic nitrogens is 2. The second-order valence-corrected chi connectivity index (χ2v) is 7.52. The molecule has 0 radical (unpaired) electrons. The smallest absolute Gasteiger partial charge is 0.242 e. The fourth-order valence-electron chi connectivity index (χ4n) is 2.22. The zero-order valence-corrected chi connectivity index (χ0v) is 14.6. The summed E-state index contributed by atoms with van der Waals surface area (Å²) < 4.78 is 34.6. The van der Waals surface area contributed by atoms with Crippen LogP contribution in [0, 0.1) is 0 Å². The third-order valence-corrected chi connectivity index (χ3v) is 5.51. The van der Waals surface area contributed by atoms with Gasteiger partial charge in [-0.2, -0.15) is 5.10 Å². The van der Waals surface area contributed by atoms with Gasteiger partial charge in [-0.3, -0.25) is 4.68 Å². The molecule has 0 aliphatic rings. The lowest BCUT2D eigenvalue weighted by Gasteiger charge is -2.16. The van der Waals surface area contributed by atoms with Crippen LogP contribution in [0.25, 0.3) is 0 Å². The third kappa shape index (κ3) is 3.64. The van der Waals surface area contributed by atoms with Gasteiger partial charge in [0.15, 0.2) is 0 Å². The van der Waals surface area contributed by atoms with E-state index in [9.17, 15) is 8.42 Å². The van der Waals surface area contributed by atoms with Crippen molar-refractivity contribution in [3.8, 4) is 0 Å². The number of sulfonamides is 1. The van der Waals surface area contributed by atoms with Gasteiger partial charge in [-0.1, -0.05) is 23.2 Å². The Morgan fingerprint density at radius 1 is 1.25 bits per heavy atom. The van der Waals surface area contributed by atoms with Crippen LogP contribution in [0.5, 0.6) is 0 Å². The van der Waals surface area contributed by atoms with E-state index in [4.69, 9.17) is 27.6 Å². The van der Waals surface area contributed by atoms with Crippen molar-refractivity contribution >= 4 is 33.2 Å². The average Bonchev–Trinajstić information content (AvgIpc) is 3.23. The van der Waals surface area contributed by atoms with E-state index in [1.807, 2.05) is 0 Å². The first kappa shape index (κ1) is 17.0. The van der Waals surface area contributed by atoms with Crippen molar-refractivity contribution < 1.29 is 12.8 Å². The van der Waals surface area contributed by atoms with Crippen molar-refractivity contribution in [1.29, 1.82) is 0 Å². The number of furan rings is 1. The lowest BCUT2D eigenvalue weighted by Crippen LogP contribution is -2.31. The second kappa shape index (κ2) is 6.98. The normalized spacial score (nSPS) is 13.1. The van der Waals surface area contributed by atoms with Gasteiger partial charge in [-0.25, -0.2) is 13.1 Å². The van der Waals surface area contributed by atoms with E-state index in [2.05, 4.69) is 9.82 Å². The summed E-state index contributed by atoms with van der Waals surface area (Å²) in [6, 6.07) is 9.08. The number of hydrogen-bond donors (Lipinski definition) is 1. The zero-order chi connectivity index (χ0) is 17.2. The predicted octanol–water partition coefficient (Wildman–Crippen LogP) is 3.35. The molecule has 9 heteroatoms. The molecule has 0 fully saturated rings. The molecule has 1 aromatic carbocycles. The lowest BCUT2D eigenvalue weighted by atomic mass is 10.2. The number of benzene rings is 1. The van der Waals surface area contributed by atoms with E-state index < -0.39 is 16.1 Å². The van der Waals surface area contributed by atoms with Crippen molar-refractivity contribution in [1.82, 2.24) is 14.5 Å². The van der Waals surface area contributed by atoms with Crippen LogP contribution in [0.15, 0.2) is 64.4 Å². The Labute approximate surface area is 149 Å². The van der Waals surface area contributed by atoms with Crippen LogP contribution in [-0.4, -0.2) is 24.7 Å². The first-order chi connectivity index (χ1) is 11.5. The Kier molecular flexibility index (Phi) is 4.96. The van der Waals surface area contributed by atoms with Gasteiger partial charge in [0, 0.05) is 24.0 Å². The molecule has 0 saturated heterocycles. The van der Waals surface area contributed by atoms with E-state index >= 15 is 0 Å². The molecule has 0 amide bonds. The first-order valence-electron chi connectivity index (χ1n) is 6.94. The molecule has 126 valence electrons. The van der Waals surface area contributed by atoms with Gasteiger partial charge in [0.25, 0.3) is 0 Å². The van der Waals surface area contributed by atoms with Gasteiger partial charge in [0.2, 0.25) is 10.0 Å². The Hall–Kier alpha value is -1.80. The van der Waals surface area contributed by atoms with Crippen LogP contribution in [0.2, 0.25) is 10.0 Å². The van der Waals surface area contributed by atoms with Crippen molar-refractivity contribution in [2.24, 2.45) is 0 Å². The molecule has 0 saturated carbocycles. The zero-order valence-electron chi connectivity index (χ0n) is 12.3. The van der Waals surface area contributed by atoms with Crippen LogP contribution >= 0.6 is 23.2 Å². The molecule has 0 spiro atoms. The third-order valence-electron chi connectivity index (χ3n) is 3.37. The van der Waals surface area contributed by atoms with Gasteiger partial charge in [-0.15, -0.1) is 0 Å². The molecule has 1 atom stereocenters. The molecule has 1 N–H and O–H groups in total. The van der Waals surface area contributed by atoms with Crippen LogP contribution in [0.3, 0.4) is 0 Å². The summed E-state index contributed by atoms with van der Waals surface area (Å²) in [4.78, 5) is -0.0738. The minimum Gasteiger partial charge on any atom is -0.467 e. The Morgan fingerprint density at radius 2 is 2.08 bits per heavy atom. The molecule has 2 aromatic heterocycles. The molecule has 0 aliphatic carbocycles. The van der Waals surface area contributed by atoms with Gasteiger partial charge in [-0.05, 0) is 36.4 Å². The Balaban J connectivity index is 1.85. The summed E-state index contributed by atoms with van der Waals surface area (Å²) in [5.74, 6) is 0.582. The molecule has 0 unspecified atom stereocenters. The summed E-state index contributed by atoms with van der Waals surface area (Å²) in [7, 11) is -3.84. The van der Waals surface area contributed by atoms with Crippen LogP contribution < -0.4 is 4.72 Å². The molecule has 2 heterocycles. The molecular formula is C15H13Cl2N3O3S. The summed E-state index contributed by atoms with van der Waals surface area (Å²) >= 11 is 11.8. The van der Waals surface area contributed by atoms with Crippen molar-refractivity contribution in [2.75, 3.05) is 6.54 Å².